The molecule has 164 valence electrons. The number of rotatable bonds is 6. The van der Waals surface area contributed by atoms with E-state index in [2.05, 4.69) is 5.32 Å². The van der Waals surface area contributed by atoms with Gasteiger partial charge in [-0.15, -0.1) is 11.3 Å². The summed E-state index contributed by atoms with van der Waals surface area (Å²) < 4.78 is 0. The van der Waals surface area contributed by atoms with E-state index in [9.17, 15) is 19.2 Å². The highest BCUT2D eigenvalue weighted by Crippen LogP contribution is 2.30. The van der Waals surface area contributed by atoms with Gasteiger partial charge in [0.05, 0.1) is 18.7 Å². The van der Waals surface area contributed by atoms with E-state index in [1.54, 1.807) is 29.2 Å². The van der Waals surface area contributed by atoms with Gasteiger partial charge >= 0.3 is 0 Å². The number of nitrogens with one attached hydrogen (secondary N) is 1. The maximum atomic E-state index is 13.3. The number of hydrogen-bond donors (Lipinski definition) is 1. The summed E-state index contributed by atoms with van der Waals surface area (Å²) >= 11 is 1.51. The standard InChI is InChI=1S/C23H27N3O4S/c1-15(27)24-16-7-9-17(10-8-16)26-20(28)12-19(22(26)30)25(14-18-6-5-11-31-18)21(29)13-23(2,3)4/h5-11,19H,12-14H2,1-4H3,(H,24,27). The molecule has 0 bridgehead atoms. The summed E-state index contributed by atoms with van der Waals surface area (Å²) in [6.45, 7) is 7.62. The number of thiophene rings is 1. The van der Waals surface area contributed by atoms with Crippen molar-refractivity contribution in [2.45, 2.75) is 53.1 Å². The molecule has 0 spiro atoms. The van der Waals surface area contributed by atoms with Gasteiger partial charge in [0.15, 0.2) is 0 Å². The van der Waals surface area contributed by atoms with Gasteiger partial charge in [0.25, 0.3) is 5.91 Å². The topological polar surface area (TPSA) is 86.8 Å². The normalized spacial score (nSPS) is 16.5. The third-order valence-corrected chi connectivity index (χ3v) is 5.71. The zero-order valence-corrected chi connectivity index (χ0v) is 19.0. The molecule has 2 heterocycles. The fourth-order valence-electron chi connectivity index (χ4n) is 3.53. The Morgan fingerprint density at radius 1 is 1.16 bits per heavy atom. The lowest BCUT2D eigenvalue weighted by molar-refractivity contribution is -0.140. The van der Waals surface area contributed by atoms with Gasteiger partial charge in [-0.25, -0.2) is 4.90 Å². The van der Waals surface area contributed by atoms with Crippen LogP contribution in [0.2, 0.25) is 0 Å². The van der Waals surface area contributed by atoms with Gasteiger partial charge in [-0.1, -0.05) is 26.8 Å². The van der Waals surface area contributed by atoms with E-state index in [-0.39, 0.29) is 36.0 Å². The molecule has 1 N–H and O–H groups in total. The largest absolute Gasteiger partial charge is 0.326 e. The van der Waals surface area contributed by atoms with Gasteiger partial charge < -0.3 is 10.2 Å². The van der Waals surface area contributed by atoms with Gasteiger partial charge in [-0.2, -0.15) is 0 Å². The van der Waals surface area contributed by atoms with Crippen LogP contribution >= 0.6 is 11.3 Å². The van der Waals surface area contributed by atoms with E-state index >= 15 is 0 Å². The van der Waals surface area contributed by atoms with E-state index in [1.165, 1.54) is 18.3 Å². The molecule has 2 aromatic rings. The SMILES string of the molecule is CC(=O)Nc1ccc(N2C(=O)CC(N(Cc3cccs3)C(=O)CC(C)(C)C)C2=O)cc1. The van der Waals surface area contributed by atoms with Crippen LogP contribution in [0.3, 0.4) is 0 Å². The quantitative estimate of drug-likeness (QED) is 0.691. The van der Waals surface area contributed by atoms with Gasteiger partial charge in [0.2, 0.25) is 17.7 Å². The highest BCUT2D eigenvalue weighted by molar-refractivity contribution is 7.09. The molecule has 1 atom stereocenters. The molecule has 4 amide bonds. The number of hydrogen-bond acceptors (Lipinski definition) is 5. The van der Waals surface area contributed by atoms with E-state index in [1.807, 2.05) is 38.3 Å². The molecule has 1 unspecified atom stereocenters. The molecule has 1 saturated heterocycles. The van der Waals surface area contributed by atoms with Crippen molar-refractivity contribution in [2.24, 2.45) is 5.41 Å². The van der Waals surface area contributed by atoms with Crippen LogP contribution in [0.4, 0.5) is 11.4 Å². The zero-order chi connectivity index (χ0) is 22.8. The molecule has 8 heteroatoms. The highest BCUT2D eigenvalue weighted by Gasteiger charge is 2.44. The van der Waals surface area contributed by atoms with E-state index < -0.39 is 11.9 Å². The fraction of sp³-hybridized carbons (Fsp3) is 0.391. The Morgan fingerprint density at radius 2 is 1.84 bits per heavy atom. The number of nitrogens with zero attached hydrogens (tertiary/aromatic N) is 2. The minimum absolute atomic E-state index is 0.0481. The fourth-order valence-corrected chi connectivity index (χ4v) is 4.23. The lowest BCUT2D eigenvalue weighted by Gasteiger charge is -2.30. The van der Waals surface area contributed by atoms with Crippen molar-refractivity contribution in [1.82, 2.24) is 4.90 Å². The van der Waals surface area contributed by atoms with Crippen molar-refractivity contribution < 1.29 is 19.2 Å². The molecule has 1 fully saturated rings. The average molecular weight is 442 g/mol. The molecular formula is C23H27N3O4S. The predicted octanol–water partition coefficient (Wildman–Crippen LogP) is 3.80. The highest BCUT2D eigenvalue weighted by atomic mass is 32.1. The van der Waals surface area contributed by atoms with Crippen LogP contribution in [0.5, 0.6) is 0 Å². The number of benzene rings is 1. The van der Waals surface area contributed by atoms with Crippen molar-refractivity contribution in [2.75, 3.05) is 10.2 Å². The monoisotopic (exact) mass is 441 g/mol. The summed E-state index contributed by atoms with van der Waals surface area (Å²) in [4.78, 5) is 54.0. The smallest absolute Gasteiger partial charge is 0.257 e. The van der Waals surface area contributed by atoms with Crippen LogP contribution in [-0.2, 0) is 25.7 Å². The molecule has 0 saturated carbocycles. The lowest BCUT2D eigenvalue weighted by Crippen LogP contribution is -2.45. The Morgan fingerprint density at radius 3 is 2.39 bits per heavy atom. The Hall–Kier alpha value is -3.00. The van der Waals surface area contributed by atoms with Crippen molar-refractivity contribution in [3.05, 3.63) is 46.7 Å². The van der Waals surface area contributed by atoms with Crippen LogP contribution in [0, 0.1) is 5.41 Å². The molecular weight excluding hydrogens is 414 g/mol. The summed E-state index contributed by atoms with van der Waals surface area (Å²) in [5.74, 6) is -1.10. The second-order valence-corrected chi connectivity index (χ2v) is 9.89. The molecule has 0 aliphatic carbocycles. The Balaban J connectivity index is 1.85. The molecule has 0 radical (unpaired) electrons. The first-order valence-corrected chi connectivity index (χ1v) is 11.0. The molecule has 1 aliphatic heterocycles. The molecule has 3 rings (SSSR count). The maximum Gasteiger partial charge on any atom is 0.257 e. The van der Waals surface area contributed by atoms with E-state index in [4.69, 9.17) is 0 Å². The number of imide groups is 1. The summed E-state index contributed by atoms with van der Waals surface area (Å²) in [5, 5.41) is 4.58. The minimum Gasteiger partial charge on any atom is -0.326 e. The Labute approximate surface area is 186 Å². The van der Waals surface area contributed by atoms with Crippen LogP contribution in [-0.4, -0.2) is 34.6 Å². The molecule has 31 heavy (non-hydrogen) atoms. The third-order valence-electron chi connectivity index (χ3n) is 4.85. The third kappa shape index (κ3) is 5.58. The predicted molar refractivity (Wildman–Crippen MR) is 121 cm³/mol. The van der Waals surface area contributed by atoms with Crippen molar-refractivity contribution in [3.63, 3.8) is 0 Å². The minimum atomic E-state index is -0.834. The van der Waals surface area contributed by atoms with E-state index in [0.29, 0.717) is 17.9 Å². The van der Waals surface area contributed by atoms with Gasteiger partial charge in [-0.05, 0) is 41.1 Å². The molecule has 7 nitrogen and oxygen atoms in total. The molecule has 1 aromatic carbocycles. The second kappa shape index (κ2) is 9.01. The van der Waals surface area contributed by atoms with Gasteiger partial charge in [-0.3, -0.25) is 19.2 Å². The van der Waals surface area contributed by atoms with E-state index in [0.717, 1.165) is 9.78 Å². The number of amides is 4. The van der Waals surface area contributed by atoms with Gasteiger partial charge in [0, 0.05) is 23.9 Å². The summed E-state index contributed by atoms with van der Waals surface area (Å²) in [6.07, 6.45) is 0.231. The van der Waals surface area contributed by atoms with Crippen LogP contribution in [0.25, 0.3) is 0 Å². The van der Waals surface area contributed by atoms with Crippen molar-refractivity contribution in [1.29, 1.82) is 0 Å². The van der Waals surface area contributed by atoms with Crippen molar-refractivity contribution >= 4 is 46.3 Å². The average Bonchev–Trinajstić information content (AvgIpc) is 3.26. The molecule has 1 aromatic heterocycles. The van der Waals surface area contributed by atoms with Gasteiger partial charge in [0.1, 0.15) is 6.04 Å². The summed E-state index contributed by atoms with van der Waals surface area (Å²) in [7, 11) is 0. The first kappa shape index (κ1) is 22.7. The van der Waals surface area contributed by atoms with Crippen LogP contribution < -0.4 is 10.2 Å². The first-order chi connectivity index (χ1) is 14.5. The van der Waals surface area contributed by atoms with Crippen molar-refractivity contribution in [3.8, 4) is 0 Å². The van der Waals surface area contributed by atoms with Crippen LogP contribution in [0.15, 0.2) is 41.8 Å². The number of anilines is 2. The zero-order valence-electron chi connectivity index (χ0n) is 18.2. The van der Waals surface area contributed by atoms with Crippen LogP contribution in [0.1, 0.15) is 45.4 Å². The lowest BCUT2D eigenvalue weighted by atomic mass is 9.91. The number of carbonyl (C=O) groups is 4. The first-order valence-electron chi connectivity index (χ1n) is 10.1. The summed E-state index contributed by atoms with van der Waals surface area (Å²) in [6, 6.07) is 9.49. The summed E-state index contributed by atoms with van der Waals surface area (Å²) in [5.41, 5.74) is 0.757. The number of carbonyl (C=O) groups excluding carboxylic acids is 4. The Kier molecular flexibility index (Phi) is 6.59. The maximum absolute atomic E-state index is 13.3. The Bertz CT molecular complexity index is 977. The molecule has 1 aliphatic rings. The second-order valence-electron chi connectivity index (χ2n) is 8.85.